The predicted molar refractivity (Wildman–Crippen MR) is 130 cm³/mol. The Kier molecular flexibility index (Phi) is 5.91. The maximum Gasteiger partial charge on any atom is 0.186 e. The SMILES string of the molecule is COc1ccccc1OCc1ccc(/C=C/C(=O)c2ccc3c(c2)Nc2ccccc2S3)o1. The largest absolute Gasteiger partial charge is 0.493 e. The molecule has 1 N–H and O–H groups in total. The number of ether oxygens (including phenoxy) is 2. The van der Waals surface area contributed by atoms with Crippen LogP contribution in [0.2, 0.25) is 0 Å². The molecule has 3 aromatic carbocycles. The molecule has 2 heterocycles. The Balaban J connectivity index is 1.23. The molecule has 0 saturated heterocycles. The van der Waals surface area contributed by atoms with Crippen molar-refractivity contribution >= 4 is 35.0 Å². The summed E-state index contributed by atoms with van der Waals surface area (Å²) in [7, 11) is 1.60. The van der Waals surface area contributed by atoms with Crippen molar-refractivity contribution in [3.63, 3.8) is 0 Å². The van der Waals surface area contributed by atoms with E-state index >= 15 is 0 Å². The molecule has 0 atom stereocenters. The van der Waals surface area contributed by atoms with Crippen LogP contribution in [-0.4, -0.2) is 12.9 Å². The van der Waals surface area contributed by atoms with Crippen molar-refractivity contribution in [3.8, 4) is 11.5 Å². The van der Waals surface area contributed by atoms with Gasteiger partial charge < -0.3 is 19.2 Å². The standard InChI is InChI=1S/C27H21NO4S/c1-30-24-7-3-4-8-25(24)31-17-20-12-11-19(32-20)13-14-23(29)18-10-15-27-22(16-18)28-21-6-2-5-9-26(21)33-27/h2-16,28H,17H2,1H3/b14-13+. The quantitative estimate of drug-likeness (QED) is 0.211. The van der Waals surface area contributed by atoms with E-state index in [1.807, 2.05) is 72.8 Å². The van der Waals surface area contributed by atoms with Crippen molar-refractivity contribution in [2.45, 2.75) is 16.4 Å². The van der Waals surface area contributed by atoms with Gasteiger partial charge in [0.25, 0.3) is 0 Å². The molecule has 6 heteroatoms. The van der Waals surface area contributed by atoms with Crippen molar-refractivity contribution in [1.82, 2.24) is 0 Å². The predicted octanol–water partition coefficient (Wildman–Crippen LogP) is 6.97. The summed E-state index contributed by atoms with van der Waals surface area (Å²) in [6, 6.07) is 24.9. The van der Waals surface area contributed by atoms with E-state index in [-0.39, 0.29) is 12.4 Å². The van der Waals surface area contributed by atoms with Crippen molar-refractivity contribution in [1.29, 1.82) is 0 Å². The number of benzene rings is 3. The van der Waals surface area contributed by atoms with Crippen LogP contribution in [0.1, 0.15) is 21.9 Å². The molecule has 0 aliphatic carbocycles. The van der Waals surface area contributed by atoms with Gasteiger partial charge in [-0.2, -0.15) is 0 Å². The van der Waals surface area contributed by atoms with Crippen LogP contribution in [0.25, 0.3) is 6.08 Å². The van der Waals surface area contributed by atoms with E-state index in [0.29, 0.717) is 28.6 Å². The maximum absolute atomic E-state index is 12.7. The van der Waals surface area contributed by atoms with Crippen LogP contribution in [0.4, 0.5) is 11.4 Å². The van der Waals surface area contributed by atoms with Crippen molar-refractivity contribution in [3.05, 3.63) is 102 Å². The Morgan fingerprint density at radius 2 is 1.73 bits per heavy atom. The number of ketones is 1. The molecule has 0 fully saturated rings. The number of para-hydroxylation sites is 3. The van der Waals surface area contributed by atoms with E-state index in [1.54, 1.807) is 24.9 Å². The Bertz CT molecular complexity index is 1340. The molecule has 0 bridgehead atoms. The minimum Gasteiger partial charge on any atom is -0.493 e. The zero-order valence-corrected chi connectivity index (χ0v) is 18.7. The lowest BCUT2D eigenvalue weighted by Crippen LogP contribution is -2.02. The fourth-order valence-corrected chi connectivity index (χ4v) is 4.46. The maximum atomic E-state index is 12.7. The first-order valence-electron chi connectivity index (χ1n) is 10.4. The third-order valence-electron chi connectivity index (χ3n) is 5.16. The number of nitrogens with one attached hydrogen (secondary N) is 1. The molecular weight excluding hydrogens is 434 g/mol. The van der Waals surface area contributed by atoms with Gasteiger partial charge in [0.05, 0.1) is 18.5 Å². The van der Waals surface area contributed by atoms with Crippen molar-refractivity contribution < 1.29 is 18.7 Å². The monoisotopic (exact) mass is 455 g/mol. The summed E-state index contributed by atoms with van der Waals surface area (Å²) in [5.74, 6) is 2.46. The Morgan fingerprint density at radius 3 is 2.61 bits per heavy atom. The number of hydrogen-bond acceptors (Lipinski definition) is 6. The van der Waals surface area contributed by atoms with Crippen LogP contribution in [0.15, 0.2) is 99.1 Å². The second-order valence-electron chi connectivity index (χ2n) is 7.38. The zero-order chi connectivity index (χ0) is 22.6. The molecule has 0 unspecified atom stereocenters. The Hall–Kier alpha value is -3.90. The van der Waals surface area contributed by atoms with Gasteiger partial charge in [-0.3, -0.25) is 4.79 Å². The van der Waals surface area contributed by atoms with Crippen LogP contribution in [0, 0.1) is 0 Å². The summed E-state index contributed by atoms with van der Waals surface area (Å²) in [4.78, 5) is 15.0. The van der Waals surface area contributed by atoms with Gasteiger partial charge in [0, 0.05) is 15.4 Å². The minimum absolute atomic E-state index is 0.0910. The van der Waals surface area contributed by atoms with E-state index in [1.165, 1.54) is 11.0 Å². The van der Waals surface area contributed by atoms with E-state index < -0.39 is 0 Å². The molecule has 4 aromatic rings. The van der Waals surface area contributed by atoms with Gasteiger partial charge in [-0.15, -0.1) is 0 Å². The molecule has 0 radical (unpaired) electrons. The highest BCUT2D eigenvalue weighted by molar-refractivity contribution is 7.99. The van der Waals surface area contributed by atoms with Gasteiger partial charge in [0.15, 0.2) is 17.3 Å². The fourth-order valence-electron chi connectivity index (χ4n) is 3.50. The summed E-state index contributed by atoms with van der Waals surface area (Å²) in [6.45, 7) is 0.262. The smallest absolute Gasteiger partial charge is 0.186 e. The highest BCUT2D eigenvalue weighted by atomic mass is 32.2. The first kappa shape index (κ1) is 21.0. The molecule has 0 spiro atoms. The summed E-state index contributed by atoms with van der Waals surface area (Å²) < 4.78 is 16.8. The number of hydrogen-bond donors (Lipinski definition) is 1. The number of methoxy groups -OCH3 is 1. The highest BCUT2D eigenvalue weighted by Crippen LogP contribution is 2.44. The molecule has 1 aromatic heterocycles. The molecule has 1 aliphatic rings. The summed E-state index contributed by atoms with van der Waals surface area (Å²) >= 11 is 1.69. The number of allylic oxidation sites excluding steroid dienone is 1. The lowest BCUT2D eigenvalue weighted by Gasteiger charge is -2.20. The minimum atomic E-state index is -0.0910. The third-order valence-corrected chi connectivity index (χ3v) is 6.31. The van der Waals surface area contributed by atoms with E-state index in [2.05, 4.69) is 11.4 Å². The van der Waals surface area contributed by atoms with Crippen LogP contribution in [0.5, 0.6) is 11.5 Å². The average Bonchev–Trinajstić information content (AvgIpc) is 3.32. The third kappa shape index (κ3) is 4.66. The van der Waals surface area contributed by atoms with Gasteiger partial charge in [0.2, 0.25) is 0 Å². The number of carbonyl (C=O) groups is 1. The summed E-state index contributed by atoms with van der Waals surface area (Å²) in [6.07, 6.45) is 3.20. The normalized spacial score (nSPS) is 12.0. The van der Waals surface area contributed by atoms with Crippen molar-refractivity contribution in [2.24, 2.45) is 0 Å². The van der Waals surface area contributed by atoms with Gasteiger partial charge in [-0.05, 0) is 66.7 Å². The first-order valence-corrected chi connectivity index (χ1v) is 11.3. The van der Waals surface area contributed by atoms with E-state index in [0.717, 1.165) is 16.3 Å². The summed E-state index contributed by atoms with van der Waals surface area (Å²) in [5, 5.41) is 3.41. The number of anilines is 2. The highest BCUT2D eigenvalue weighted by Gasteiger charge is 2.16. The average molecular weight is 456 g/mol. The fraction of sp³-hybridized carbons (Fsp3) is 0.0741. The van der Waals surface area contributed by atoms with Gasteiger partial charge in [-0.25, -0.2) is 0 Å². The summed E-state index contributed by atoms with van der Waals surface area (Å²) in [5.41, 5.74) is 2.60. The zero-order valence-electron chi connectivity index (χ0n) is 17.9. The van der Waals surface area contributed by atoms with Gasteiger partial charge in [0.1, 0.15) is 18.1 Å². The van der Waals surface area contributed by atoms with Crippen LogP contribution >= 0.6 is 11.8 Å². The Morgan fingerprint density at radius 1 is 0.939 bits per heavy atom. The lowest BCUT2D eigenvalue weighted by molar-refractivity contribution is 0.104. The number of furan rings is 1. The van der Waals surface area contributed by atoms with E-state index in [4.69, 9.17) is 13.9 Å². The molecule has 33 heavy (non-hydrogen) atoms. The molecule has 1 aliphatic heterocycles. The second kappa shape index (κ2) is 9.30. The number of rotatable bonds is 7. The molecular formula is C27H21NO4S. The van der Waals surface area contributed by atoms with Crippen LogP contribution in [-0.2, 0) is 6.61 Å². The topological polar surface area (TPSA) is 60.7 Å². The Labute approximate surface area is 196 Å². The van der Waals surface area contributed by atoms with E-state index in [9.17, 15) is 4.79 Å². The lowest BCUT2D eigenvalue weighted by atomic mass is 10.1. The number of fused-ring (bicyclic) bond motifs is 2. The molecule has 5 rings (SSSR count). The van der Waals surface area contributed by atoms with Crippen LogP contribution < -0.4 is 14.8 Å². The van der Waals surface area contributed by atoms with Crippen LogP contribution in [0.3, 0.4) is 0 Å². The molecule has 0 amide bonds. The first-order chi connectivity index (χ1) is 16.2. The molecule has 164 valence electrons. The molecule has 0 saturated carbocycles. The van der Waals surface area contributed by atoms with Gasteiger partial charge in [-0.1, -0.05) is 36.0 Å². The van der Waals surface area contributed by atoms with Gasteiger partial charge >= 0.3 is 0 Å². The molecule has 5 nitrogen and oxygen atoms in total. The van der Waals surface area contributed by atoms with Crippen molar-refractivity contribution in [2.75, 3.05) is 12.4 Å². The number of carbonyl (C=O) groups excluding carboxylic acids is 1. The second-order valence-corrected chi connectivity index (χ2v) is 8.46.